The van der Waals surface area contributed by atoms with Gasteiger partial charge in [0.15, 0.2) is 0 Å². The van der Waals surface area contributed by atoms with Crippen LogP contribution in [0.15, 0.2) is 24.4 Å². The SMILES string of the molecule is CCOC(=O)c1cnc2ccc(OCC)cc2c1N1CCNCC1. The van der Waals surface area contributed by atoms with Gasteiger partial charge < -0.3 is 19.7 Å². The number of nitrogens with zero attached hydrogens (tertiary/aromatic N) is 2. The van der Waals surface area contributed by atoms with Crippen molar-refractivity contribution in [2.24, 2.45) is 0 Å². The van der Waals surface area contributed by atoms with Gasteiger partial charge >= 0.3 is 5.97 Å². The molecule has 0 amide bonds. The van der Waals surface area contributed by atoms with E-state index in [-0.39, 0.29) is 5.97 Å². The zero-order valence-corrected chi connectivity index (χ0v) is 14.2. The van der Waals surface area contributed by atoms with Gasteiger partial charge in [-0.15, -0.1) is 0 Å². The zero-order valence-electron chi connectivity index (χ0n) is 14.2. The molecule has 0 aliphatic carbocycles. The molecular weight excluding hydrogens is 306 g/mol. The smallest absolute Gasteiger partial charge is 0.341 e. The summed E-state index contributed by atoms with van der Waals surface area (Å²) in [6, 6.07) is 5.80. The molecule has 6 heteroatoms. The molecule has 1 aromatic heterocycles. The third-order valence-electron chi connectivity index (χ3n) is 4.05. The number of pyridine rings is 1. The van der Waals surface area contributed by atoms with Gasteiger partial charge in [0.1, 0.15) is 11.3 Å². The maximum atomic E-state index is 12.4. The lowest BCUT2D eigenvalue weighted by molar-refractivity contribution is 0.0526. The summed E-state index contributed by atoms with van der Waals surface area (Å²) < 4.78 is 10.9. The van der Waals surface area contributed by atoms with Gasteiger partial charge in [0, 0.05) is 37.8 Å². The fourth-order valence-corrected chi connectivity index (χ4v) is 3.00. The van der Waals surface area contributed by atoms with Crippen LogP contribution < -0.4 is 15.0 Å². The number of rotatable bonds is 5. The molecule has 0 radical (unpaired) electrons. The molecule has 24 heavy (non-hydrogen) atoms. The molecule has 1 fully saturated rings. The standard InChI is InChI=1S/C18H23N3O3/c1-3-23-13-5-6-16-14(11-13)17(21-9-7-19-8-10-21)15(12-20-16)18(22)24-4-2/h5-6,11-12,19H,3-4,7-10H2,1-2H3. The van der Waals surface area contributed by atoms with Crippen molar-refractivity contribution in [3.05, 3.63) is 30.0 Å². The number of fused-ring (bicyclic) bond motifs is 1. The highest BCUT2D eigenvalue weighted by molar-refractivity contribution is 6.05. The maximum Gasteiger partial charge on any atom is 0.341 e. The summed E-state index contributed by atoms with van der Waals surface area (Å²) in [5, 5.41) is 4.26. The first-order valence-corrected chi connectivity index (χ1v) is 8.43. The van der Waals surface area contributed by atoms with Crippen LogP contribution in [0.25, 0.3) is 10.9 Å². The molecule has 0 saturated carbocycles. The number of hydrogen-bond donors (Lipinski definition) is 1. The van der Waals surface area contributed by atoms with Gasteiger partial charge in [-0.1, -0.05) is 0 Å². The van der Waals surface area contributed by atoms with Crippen molar-refractivity contribution < 1.29 is 14.3 Å². The van der Waals surface area contributed by atoms with Gasteiger partial charge in [-0.2, -0.15) is 0 Å². The minimum Gasteiger partial charge on any atom is -0.494 e. The lowest BCUT2D eigenvalue weighted by atomic mass is 10.1. The highest BCUT2D eigenvalue weighted by atomic mass is 16.5. The summed E-state index contributed by atoms with van der Waals surface area (Å²) >= 11 is 0. The quantitative estimate of drug-likeness (QED) is 0.849. The van der Waals surface area contributed by atoms with Crippen LogP contribution in [0.1, 0.15) is 24.2 Å². The zero-order chi connectivity index (χ0) is 16.9. The molecule has 128 valence electrons. The number of piperazine rings is 1. The number of carbonyl (C=O) groups is 1. The van der Waals surface area contributed by atoms with Crippen LogP contribution in [0.2, 0.25) is 0 Å². The number of hydrogen-bond acceptors (Lipinski definition) is 6. The van der Waals surface area contributed by atoms with Crippen molar-refractivity contribution in [2.75, 3.05) is 44.3 Å². The molecule has 0 unspecified atom stereocenters. The Morgan fingerprint density at radius 3 is 2.75 bits per heavy atom. The molecule has 1 saturated heterocycles. The molecule has 0 bridgehead atoms. The molecule has 0 atom stereocenters. The Balaban J connectivity index is 2.16. The fraction of sp³-hybridized carbons (Fsp3) is 0.444. The Bertz CT molecular complexity index is 727. The first kappa shape index (κ1) is 16.5. The van der Waals surface area contributed by atoms with E-state index in [0.29, 0.717) is 18.8 Å². The molecule has 1 N–H and O–H groups in total. The largest absolute Gasteiger partial charge is 0.494 e. The molecule has 1 aliphatic heterocycles. The van der Waals surface area contributed by atoms with E-state index >= 15 is 0 Å². The first-order valence-electron chi connectivity index (χ1n) is 8.43. The van der Waals surface area contributed by atoms with E-state index in [0.717, 1.165) is 48.5 Å². The van der Waals surface area contributed by atoms with E-state index in [1.54, 1.807) is 6.20 Å². The third-order valence-corrected chi connectivity index (χ3v) is 4.05. The van der Waals surface area contributed by atoms with E-state index in [2.05, 4.69) is 15.2 Å². The Morgan fingerprint density at radius 2 is 2.04 bits per heavy atom. The third kappa shape index (κ3) is 3.28. The molecule has 0 spiro atoms. The van der Waals surface area contributed by atoms with Crippen LogP contribution in [0.4, 0.5) is 5.69 Å². The predicted molar refractivity (Wildman–Crippen MR) is 94.0 cm³/mol. The normalized spacial score (nSPS) is 14.7. The van der Waals surface area contributed by atoms with Crippen molar-refractivity contribution in [1.82, 2.24) is 10.3 Å². The van der Waals surface area contributed by atoms with Crippen molar-refractivity contribution in [2.45, 2.75) is 13.8 Å². The Morgan fingerprint density at radius 1 is 1.25 bits per heavy atom. The summed E-state index contributed by atoms with van der Waals surface area (Å²) in [5.74, 6) is 0.450. The summed E-state index contributed by atoms with van der Waals surface area (Å²) in [6.45, 7) is 8.15. The number of nitrogens with one attached hydrogen (secondary N) is 1. The minimum atomic E-state index is -0.331. The van der Waals surface area contributed by atoms with Gasteiger partial charge in [0.05, 0.1) is 24.4 Å². The highest BCUT2D eigenvalue weighted by Gasteiger charge is 2.23. The number of anilines is 1. The van der Waals surface area contributed by atoms with E-state index < -0.39 is 0 Å². The summed E-state index contributed by atoms with van der Waals surface area (Å²) in [7, 11) is 0. The maximum absolute atomic E-state index is 12.4. The van der Waals surface area contributed by atoms with Crippen molar-refractivity contribution in [3.63, 3.8) is 0 Å². The highest BCUT2D eigenvalue weighted by Crippen LogP contribution is 2.33. The lowest BCUT2D eigenvalue weighted by Crippen LogP contribution is -2.44. The number of benzene rings is 1. The first-order chi connectivity index (χ1) is 11.7. The van der Waals surface area contributed by atoms with Crippen LogP contribution in [-0.2, 0) is 4.74 Å². The number of carbonyl (C=O) groups excluding carboxylic acids is 1. The van der Waals surface area contributed by atoms with Crippen LogP contribution >= 0.6 is 0 Å². The van der Waals surface area contributed by atoms with E-state index in [9.17, 15) is 4.79 Å². The predicted octanol–water partition coefficient (Wildman–Crippen LogP) is 2.22. The average Bonchev–Trinajstić information content (AvgIpc) is 2.62. The molecule has 1 aromatic carbocycles. The van der Waals surface area contributed by atoms with Crippen LogP contribution in [0.3, 0.4) is 0 Å². The summed E-state index contributed by atoms with van der Waals surface area (Å²) in [5.41, 5.74) is 2.25. The van der Waals surface area contributed by atoms with Gasteiger partial charge in [-0.05, 0) is 32.0 Å². The topological polar surface area (TPSA) is 63.7 Å². The molecule has 2 aromatic rings. The summed E-state index contributed by atoms with van der Waals surface area (Å²) in [6.07, 6.45) is 1.62. The fourth-order valence-electron chi connectivity index (χ4n) is 3.00. The van der Waals surface area contributed by atoms with Gasteiger partial charge in [0.2, 0.25) is 0 Å². The van der Waals surface area contributed by atoms with E-state index in [1.165, 1.54) is 0 Å². The second-order valence-electron chi connectivity index (χ2n) is 5.59. The average molecular weight is 329 g/mol. The molecular formula is C18H23N3O3. The second kappa shape index (κ2) is 7.49. The number of esters is 1. The minimum absolute atomic E-state index is 0.331. The number of aromatic nitrogens is 1. The molecule has 1 aliphatic rings. The van der Waals surface area contributed by atoms with Crippen molar-refractivity contribution in [1.29, 1.82) is 0 Å². The van der Waals surface area contributed by atoms with E-state index in [4.69, 9.17) is 9.47 Å². The Labute approximate surface area is 141 Å². The van der Waals surface area contributed by atoms with Crippen LogP contribution in [0.5, 0.6) is 5.75 Å². The van der Waals surface area contributed by atoms with Gasteiger partial charge in [0.25, 0.3) is 0 Å². The van der Waals surface area contributed by atoms with Crippen LogP contribution in [-0.4, -0.2) is 50.3 Å². The monoisotopic (exact) mass is 329 g/mol. The lowest BCUT2D eigenvalue weighted by Gasteiger charge is -2.31. The molecule has 2 heterocycles. The Hall–Kier alpha value is -2.34. The molecule has 6 nitrogen and oxygen atoms in total. The molecule has 3 rings (SSSR count). The van der Waals surface area contributed by atoms with Crippen molar-refractivity contribution >= 4 is 22.6 Å². The Kier molecular flexibility index (Phi) is 5.15. The summed E-state index contributed by atoms with van der Waals surface area (Å²) in [4.78, 5) is 19.1. The van der Waals surface area contributed by atoms with Gasteiger partial charge in [-0.25, -0.2) is 4.79 Å². The second-order valence-corrected chi connectivity index (χ2v) is 5.59. The van der Waals surface area contributed by atoms with Gasteiger partial charge in [-0.3, -0.25) is 4.98 Å². The van der Waals surface area contributed by atoms with Crippen LogP contribution in [0, 0.1) is 0 Å². The number of ether oxygens (including phenoxy) is 2. The van der Waals surface area contributed by atoms with Crippen molar-refractivity contribution in [3.8, 4) is 5.75 Å². The van der Waals surface area contributed by atoms with E-state index in [1.807, 2.05) is 32.0 Å².